The molecule has 0 saturated carbocycles. The van der Waals surface area contributed by atoms with E-state index in [1.807, 2.05) is 0 Å². The summed E-state index contributed by atoms with van der Waals surface area (Å²) in [6.45, 7) is 6.52. The molecule has 82 valence electrons. The lowest BCUT2D eigenvalue weighted by atomic mass is 10.0. The number of rotatable bonds is 3. The summed E-state index contributed by atoms with van der Waals surface area (Å²) in [5.74, 6) is 0.945. The Morgan fingerprint density at radius 1 is 1.29 bits per heavy atom. The van der Waals surface area contributed by atoms with Crippen molar-refractivity contribution in [2.45, 2.75) is 24.5 Å². The van der Waals surface area contributed by atoms with E-state index in [0.29, 0.717) is 0 Å². The largest absolute Gasteiger partial charge is 0.316 e. The van der Waals surface area contributed by atoms with E-state index in [1.165, 1.54) is 52.0 Å². The molecule has 0 radical (unpaired) electrons. The van der Waals surface area contributed by atoms with Gasteiger partial charge < -0.3 is 10.2 Å². The molecule has 0 spiro atoms. The Morgan fingerprint density at radius 2 is 2.14 bits per heavy atom. The number of thioether (sulfide) groups is 1. The molecule has 0 amide bonds. The molecular formula is C11H22N2S. The third kappa shape index (κ3) is 2.88. The molecule has 0 bridgehead atoms. The highest BCUT2D eigenvalue weighted by molar-refractivity contribution is 7.99. The number of nitrogens with zero attached hydrogens (tertiary/aromatic N) is 1. The third-order valence-corrected chi connectivity index (χ3v) is 4.62. The van der Waals surface area contributed by atoms with E-state index in [2.05, 4.69) is 28.2 Å². The van der Waals surface area contributed by atoms with Crippen molar-refractivity contribution in [3.05, 3.63) is 0 Å². The quantitative estimate of drug-likeness (QED) is 0.765. The predicted molar refractivity (Wildman–Crippen MR) is 64.0 cm³/mol. The lowest BCUT2D eigenvalue weighted by Gasteiger charge is -2.32. The summed E-state index contributed by atoms with van der Waals surface area (Å²) in [5, 5.41) is 4.29. The van der Waals surface area contributed by atoms with Crippen LogP contribution >= 0.6 is 11.8 Å². The van der Waals surface area contributed by atoms with Crippen LogP contribution in [0.4, 0.5) is 0 Å². The Bertz CT molecular complexity index is 171. The van der Waals surface area contributed by atoms with Crippen LogP contribution in [0.5, 0.6) is 0 Å². The minimum absolute atomic E-state index is 0.930. The normalized spacial score (nSPS) is 31.1. The highest BCUT2D eigenvalue weighted by Crippen LogP contribution is 2.21. The summed E-state index contributed by atoms with van der Waals surface area (Å²) in [5.41, 5.74) is 0. The van der Waals surface area contributed by atoms with Crippen molar-refractivity contribution >= 4 is 11.8 Å². The number of hydrogen-bond acceptors (Lipinski definition) is 3. The van der Waals surface area contributed by atoms with Gasteiger partial charge >= 0.3 is 0 Å². The highest BCUT2D eigenvalue weighted by atomic mass is 32.2. The molecule has 0 aromatic heterocycles. The molecule has 2 fully saturated rings. The molecule has 1 atom stereocenters. The fraction of sp³-hybridized carbons (Fsp3) is 1.00. The van der Waals surface area contributed by atoms with Crippen LogP contribution in [0.25, 0.3) is 0 Å². The smallest absolute Gasteiger partial charge is 0.00569 e. The maximum absolute atomic E-state index is 3.36. The summed E-state index contributed by atoms with van der Waals surface area (Å²) in [6, 6.07) is 0. The maximum atomic E-state index is 3.36. The number of likely N-dealkylation sites (tertiary alicyclic amines) is 1. The van der Waals surface area contributed by atoms with Gasteiger partial charge in [-0.25, -0.2) is 0 Å². The van der Waals surface area contributed by atoms with Gasteiger partial charge in [-0.15, -0.1) is 0 Å². The van der Waals surface area contributed by atoms with Crippen LogP contribution in [-0.4, -0.2) is 49.1 Å². The van der Waals surface area contributed by atoms with Gasteiger partial charge in [0, 0.05) is 24.9 Å². The van der Waals surface area contributed by atoms with Gasteiger partial charge in [0.15, 0.2) is 0 Å². The van der Waals surface area contributed by atoms with Crippen molar-refractivity contribution < 1.29 is 0 Å². The first-order valence-corrected chi connectivity index (χ1v) is 7.13. The molecule has 1 unspecified atom stereocenters. The summed E-state index contributed by atoms with van der Waals surface area (Å²) in [4.78, 5) is 2.68. The lowest BCUT2D eigenvalue weighted by molar-refractivity contribution is 0.198. The van der Waals surface area contributed by atoms with E-state index in [-0.39, 0.29) is 0 Å². The van der Waals surface area contributed by atoms with E-state index in [9.17, 15) is 0 Å². The fourth-order valence-corrected chi connectivity index (χ4v) is 3.13. The first kappa shape index (κ1) is 10.8. The average molecular weight is 214 g/mol. The van der Waals surface area contributed by atoms with Crippen LogP contribution in [0.1, 0.15) is 19.3 Å². The minimum atomic E-state index is 0.930. The van der Waals surface area contributed by atoms with E-state index < -0.39 is 0 Å². The molecule has 0 aliphatic carbocycles. The zero-order valence-corrected chi connectivity index (χ0v) is 9.98. The lowest BCUT2D eigenvalue weighted by Crippen LogP contribution is -2.48. The van der Waals surface area contributed by atoms with Crippen LogP contribution in [0.3, 0.4) is 0 Å². The Morgan fingerprint density at radius 3 is 2.79 bits per heavy atom. The SMILES string of the molecule is CSC1CCCN(CC2CNC2)CC1. The second-order valence-electron chi connectivity index (χ2n) is 4.61. The number of nitrogens with one attached hydrogen (secondary N) is 1. The molecule has 1 N–H and O–H groups in total. The summed E-state index contributed by atoms with van der Waals surface area (Å²) in [7, 11) is 0. The zero-order chi connectivity index (χ0) is 9.80. The molecule has 0 aromatic rings. The molecule has 2 nitrogen and oxygen atoms in total. The van der Waals surface area contributed by atoms with Gasteiger partial charge in [0.25, 0.3) is 0 Å². The third-order valence-electron chi connectivity index (χ3n) is 3.48. The Kier molecular flexibility index (Phi) is 4.14. The molecule has 3 heteroatoms. The number of hydrogen-bond donors (Lipinski definition) is 1. The van der Waals surface area contributed by atoms with Gasteiger partial charge in [0.2, 0.25) is 0 Å². The predicted octanol–water partition coefficient (Wildman–Crippen LogP) is 1.42. The van der Waals surface area contributed by atoms with Gasteiger partial charge in [0.05, 0.1) is 0 Å². The average Bonchev–Trinajstić information content (AvgIpc) is 2.36. The van der Waals surface area contributed by atoms with Crippen molar-refractivity contribution in [1.82, 2.24) is 10.2 Å². The van der Waals surface area contributed by atoms with Gasteiger partial charge in [-0.05, 0) is 44.5 Å². The van der Waals surface area contributed by atoms with Gasteiger partial charge in [-0.2, -0.15) is 11.8 Å². The first-order valence-electron chi connectivity index (χ1n) is 5.84. The molecule has 0 aromatic carbocycles. The summed E-state index contributed by atoms with van der Waals surface area (Å²) in [6.07, 6.45) is 6.50. The monoisotopic (exact) mass is 214 g/mol. The molecule has 2 rings (SSSR count). The van der Waals surface area contributed by atoms with Crippen LogP contribution < -0.4 is 5.32 Å². The van der Waals surface area contributed by atoms with E-state index in [4.69, 9.17) is 0 Å². The van der Waals surface area contributed by atoms with Crippen molar-refractivity contribution in [2.75, 3.05) is 39.0 Å². The van der Waals surface area contributed by atoms with Gasteiger partial charge in [-0.3, -0.25) is 0 Å². The minimum Gasteiger partial charge on any atom is -0.316 e. The molecule has 2 saturated heterocycles. The molecule has 2 heterocycles. The molecule has 14 heavy (non-hydrogen) atoms. The maximum Gasteiger partial charge on any atom is 0.00569 e. The van der Waals surface area contributed by atoms with Crippen molar-refractivity contribution in [1.29, 1.82) is 0 Å². The second kappa shape index (κ2) is 5.38. The van der Waals surface area contributed by atoms with E-state index in [1.54, 1.807) is 0 Å². The van der Waals surface area contributed by atoms with E-state index in [0.717, 1.165) is 11.2 Å². The molecular weight excluding hydrogens is 192 g/mol. The fourth-order valence-electron chi connectivity index (χ4n) is 2.39. The standard InChI is InChI=1S/C11H22N2S/c1-14-11-3-2-5-13(6-4-11)9-10-7-12-8-10/h10-12H,2-9H2,1H3. The van der Waals surface area contributed by atoms with Crippen LogP contribution in [0.15, 0.2) is 0 Å². The van der Waals surface area contributed by atoms with Crippen molar-refractivity contribution in [3.8, 4) is 0 Å². The summed E-state index contributed by atoms with van der Waals surface area (Å²) < 4.78 is 0. The van der Waals surface area contributed by atoms with Crippen LogP contribution in [0, 0.1) is 5.92 Å². The Balaban J connectivity index is 1.71. The molecule has 2 aliphatic rings. The van der Waals surface area contributed by atoms with E-state index >= 15 is 0 Å². The van der Waals surface area contributed by atoms with Gasteiger partial charge in [-0.1, -0.05) is 0 Å². The highest BCUT2D eigenvalue weighted by Gasteiger charge is 2.22. The van der Waals surface area contributed by atoms with Crippen molar-refractivity contribution in [2.24, 2.45) is 5.92 Å². The first-order chi connectivity index (χ1) is 6.88. The molecule has 2 aliphatic heterocycles. The summed E-state index contributed by atoms with van der Waals surface area (Å²) >= 11 is 2.06. The van der Waals surface area contributed by atoms with Crippen LogP contribution in [-0.2, 0) is 0 Å². The zero-order valence-electron chi connectivity index (χ0n) is 9.17. The van der Waals surface area contributed by atoms with Gasteiger partial charge in [0.1, 0.15) is 0 Å². The topological polar surface area (TPSA) is 15.3 Å². The second-order valence-corrected chi connectivity index (χ2v) is 5.75. The Hall–Kier alpha value is 0.270. The van der Waals surface area contributed by atoms with Crippen molar-refractivity contribution in [3.63, 3.8) is 0 Å². The van der Waals surface area contributed by atoms with Crippen LogP contribution in [0.2, 0.25) is 0 Å². The Labute approximate surface area is 91.8 Å².